The van der Waals surface area contributed by atoms with Crippen LogP contribution in [0.1, 0.15) is 25.3 Å². The van der Waals surface area contributed by atoms with E-state index in [0.29, 0.717) is 19.4 Å². The van der Waals surface area contributed by atoms with Crippen molar-refractivity contribution in [3.05, 3.63) is 36.0 Å². The highest BCUT2D eigenvalue weighted by atomic mass is 16.3. The van der Waals surface area contributed by atoms with Crippen molar-refractivity contribution in [2.45, 2.75) is 38.5 Å². The van der Waals surface area contributed by atoms with E-state index in [4.69, 9.17) is 0 Å². The lowest BCUT2D eigenvalue weighted by Crippen LogP contribution is -2.45. The van der Waals surface area contributed by atoms with Crippen molar-refractivity contribution in [3.8, 4) is 0 Å². The Morgan fingerprint density at radius 3 is 3.04 bits per heavy atom. The fourth-order valence-corrected chi connectivity index (χ4v) is 3.02. The van der Waals surface area contributed by atoms with E-state index in [1.54, 1.807) is 11.8 Å². The smallest absolute Gasteiger partial charge is 0.242 e. The number of fused-ring (bicyclic) bond motifs is 1. The molecule has 2 amide bonds. The van der Waals surface area contributed by atoms with Crippen LogP contribution in [0.4, 0.5) is 0 Å². The number of nitrogens with one attached hydrogen (secondary N) is 2. The van der Waals surface area contributed by atoms with Gasteiger partial charge in [0.15, 0.2) is 0 Å². The molecule has 1 aromatic carbocycles. The summed E-state index contributed by atoms with van der Waals surface area (Å²) in [6.45, 7) is 2.23. The van der Waals surface area contributed by atoms with Crippen LogP contribution in [0.3, 0.4) is 0 Å². The Hall–Kier alpha value is -2.34. The molecule has 6 heteroatoms. The Labute approximate surface area is 134 Å². The summed E-state index contributed by atoms with van der Waals surface area (Å²) < 4.78 is 0. The van der Waals surface area contributed by atoms with E-state index < -0.39 is 12.1 Å². The number of hydrogen-bond acceptors (Lipinski definition) is 3. The second-order valence-electron chi connectivity index (χ2n) is 6.03. The minimum absolute atomic E-state index is 0.00696. The maximum atomic E-state index is 12.3. The highest BCUT2D eigenvalue weighted by molar-refractivity contribution is 5.91. The second-order valence-corrected chi connectivity index (χ2v) is 6.03. The highest BCUT2D eigenvalue weighted by Crippen LogP contribution is 2.25. The van der Waals surface area contributed by atoms with Crippen LogP contribution >= 0.6 is 0 Å². The molecule has 1 aliphatic heterocycles. The number of carbonyl (C=O) groups is 2. The maximum Gasteiger partial charge on any atom is 0.242 e. The number of aliphatic hydroxyl groups excluding tert-OH is 1. The molecule has 1 fully saturated rings. The number of likely N-dealkylation sites (tertiary alicyclic amines) is 1. The van der Waals surface area contributed by atoms with Crippen LogP contribution in [0.5, 0.6) is 0 Å². The molecule has 2 unspecified atom stereocenters. The molecule has 1 aliphatic rings. The zero-order valence-electron chi connectivity index (χ0n) is 13.1. The first-order valence-electron chi connectivity index (χ1n) is 7.86. The summed E-state index contributed by atoms with van der Waals surface area (Å²) in [5, 5.41) is 13.1. The van der Waals surface area contributed by atoms with Crippen LogP contribution < -0.4 is 5.32 Å². The summed E-state index contributed by atoms with van der Waals surface area (Å²) in [6, 6.07) is 7.44. The lowest BCUT2D eigenvalue weighted by atomic mass is 10.1. The average molecular weight is 315 g/mol. The van der Waals surface area contributed by atoms with Crippen molar-refractivity contribution >= 4 is 22.7 Å². The monoisotopic (exact) mass is 315 g/mol. The number of carbonyl (C=O) groups excluding carboxylic acids is 2. The molecular weight excluding hydrogens is 294 g/mol. The molecule has 3 rings (SSSR count). The minimum atomic E-state index is -0.599. The molecular formula is C17H21N3O3. The first-order valence-corrected chi connectivity index (χ1v) is 7.86. The topological polar surface area (TPSA) is 85.4 Å². The molecule has 0 saturated carbocycles. The van der Waals surface area contributed by atoms with Crippen LogP contribution in [0.2, 0.25) is 0 Å². The molecule has 122 valence electrons. The van der Waals surface area contributed by atoms with Crippen LogP contribution in [0.15, 0.2) is 30.5 Å². The van der Waals surface area contributed by atoms with E-state index in [0.717, 1.165) is 16.5 Å². The van der Waals surface area contributed by atoms with Crippen molar-refractivity contribution in [2.24, 2.45) is 0 Å². The SMILES string of the molecule is CC(O)CNC(=O)C1CCC(=O)N1Cc1c[nH]c2ccccc12. The number of hydrogen-bond donors (Lipinski definition) is 3. The number of amides is 2. The number of benzene rings is 1. The summed E-state index contributed by atoms with van der Waals surface area (Å²) in [7, 11) is 0. The van der Waals surface area contributed by atoms with Gasteiger partial charge in [-0.15, -0.1) is 0 Å². The van der Waals surface area contributed by atoms with Gasteiger partial charge in [0.2, 0.25) is 11.8 Å². The highest BCUT2D eigenvalue weighted by Gasteiger charge is 2.36. The molecule has 0 aliphatic carbocycles. The van der Waals surface area contributed by atoms with Gasteiger partial charge in [-0.1, -0.05) is 18.2 Å². The van der Waals surface area contributed by atoms with Crippen molar-refractivity contribution in [2.75, 3.05) is 6.54 Å². The lowest BCUT2D eigenvalue weighted by molar-refractivity contribution is -0.135. The first-order chi connectivity index (χ1) is 11.1. The van der Waals surface area contributed by atoms with E-state index in [2.05, 4.69) is 10.3 Å². The largest absolute Gasteiger partial charge is 0.392 e. The van der Waals surface area contributed by atoms with E-state index in [1.807, 2.05) is 30.5 Å². The van der Waals surface area contributed by atoms with Gasteiger partial charge in [0, 0.05) is 36.6 Å². The second kappa shape index (κ2) is 6.42. The Balaban J connectivity index is 1.76. The number of aliphatic hydroxyl groups is 1. The molecule has 1 aromatic heterocycles. The fourth-order valence-electron chi connectivity index (χ4n) is 3.02. The molecule has 2 aromatic rings. The third-order valence-electron chi connectivity index (χ3n) is 4.22. The molecule has 23 heavy (non-hydrogen) atoms. The summed E-state index contributed by atoms with van der Waals surface area (Å²) in [4.78, 5) is 29.3. The van der Waals surface area contributed by atoms with Gasteiger partial charge in [-0.05, 0) is 25.0 Å². The number of aromatic amines is 1. The van der Waals surface area contributed by atoms with Crippen LogP contribution in [-0.4, -0.2) is 45.5 Å². The van der Waals surface area contributed by atoms with Gasteiger partial charge >= 0.3 is 0 Å². The Bertz CT molecular complexity index is 723. The molecule has 3 N–H and O–H groups in total. The summed E-state index contributed by atoms with van der Waals surface area (Å²) in [5.74, 6) is -0.205. The quantitative estimate of drug-likeness (QED) is 0.774. The molecule has 0 spiro atoms. The maximum absolute atomic E-state index is 12.3. The first kappa shape index (κ1) is 15.6. The number of H-pyrrole nitrogens is 1. The summed E-state index contributed by atoms with van der Waals surface area (Å²) in [6.07, 6.45) is 2.20. The standard InChI is InChI=1S/C17H21N3O3/c1-11(21)8-19-17(23)15-6-7-16(22)20(15)10-12-9-18-14-5-3-2-4-13(12)14/h2-5,9,11,15,18,21H,6-8,10H2,1H3,(H,19,23). The molecule has 0 radical (unpaired) electrons. The Morgan fingerprint density at radius 2 is 2.26 bits per heavy atom. The lowest BCUT2D eigenvalue weighted by Gasteiger charge is -2.24. The third kappa shape index (κ3) is 3.22. The van der Waals surface area contributed by atoms with Gasteiger partial charge in [0.05, 0.1) is 6.10 Å². The zero-order valence-corrected chi connectivity index (χ0v) is 13.1. The average Bonchev–Trinajstić information content (AvgIpc) is 3.10. The van der Waals surface area contributed by atoms with Gasteiger partial charge in [-0.2, -0.15) is 0 Å². The van der Waals surface area contributed by atoms with Gasteiger partial charge in [-0.25, -0.2) is 0 Å². The van der Waals surface area contributed by atoms with Gasteiger partial charge in [-0.3, -0.25) is 9.59 Å². The van der Waals surface area contributed by atoms with E-state index in [9.17, 15) is 14.7 Å². The zero-order chi connectivity index (χ0) is 16.4. The number of rotatable bonds is 5. The van der Waals surface area contributed by atoms with Crippen molar-refractivity contribution in [1.29, 1.82) is 0 Å². The van der Waals surface area contributed by atoms with Crippen molar-refractivity contribution < 1.29 is 14.7 Å². The van der Waals surface area contributed by atoms with Gasteiger partial charge in [0.1, 0.15) is 6.04 Å². The Morgan fingerprint density at radius 1 is 1.48 bits per heavy atom. The molecule has 1 saturated heterocycles. The van der Waals surface area contributed by atoms with E-state index in [-0.39, 0.29) is 18.4 Å². The van der Waals surface area contributed by atoms with Crippen molar-refractivity contribution in [3.63, 3.8) is 0 Å². The fraction of sp³-hybridized carbons (Fsp3) is 0.412. The summed E-state index contributed by atoms with van der Waals surface area (Å²) in [5.41, 5.74) is 2.02. The molecule has 2 atom stereocenters. The normalized spacial score (nSPS) is 19.3. The van der Waals surface area contributed by atoms with Crippen molar-refractivity contribution in [1.82, 2.24) is 15.2 Å². The molecule has 2 heterocycles. The van der Waals surface area contributed by atoms with Gasteiger partial charge < -0.3 is 20.3 Å². The summed E-state index contributed by atoms with van der Waals surface area (Å²) >= 11 is 0. The molecule has 6 nitrogen and oxygen atoms in total. The number of para-hydroxylation sites is 1. The number of aromatic nitrogens is 1. The van der Waals surface area contributed by atoms with Crippen LogP contribution in [-0.2, 0) is 16.1 Å². The van der Waals surface area contributed by atoms with Gasteiger partial charge in [0.25, 0.3) is 0 Å². The molecule has 0 bridgehead atoms. The number of nitrogens with zero attached hydrogens (tertiary/aromatic N) is 1. The van der Waals surface area contributed by atoms with E-state index in [1.165, 1.54) is 0 Å². The Kier molecular flexibility index (Phi) is 4.34. The predicted octanol–water partition coefficient (Wildman–Crippen LogP) is 1.16. The van der Waals surface area contributed by atoms with Crippen LogP contribution in [0.25, 0.3) is 10.9 Å². The van der Waals surface area contributed by atoms with E-state index >= 15 is 0 Å². The minimum Gasteiger partial charge on any atom is -0.392 e. The predicted molar refractivity (Wildman–Crippen MR) is 86.6 cm³/mol. The third-order valence-corrected chi connectivity index (χ3v) is 4.22. The van der Waals surface area contributed by atoms with Crippen LogP contribution in [0, 0.1) is 0 Å².